The van der Waals surface area contributed by atoms with E-state index in [4.69, 9.17) is 10.5 Å². The topological polar surface area (TPSA) is 111 Å². The zero-order chi connectivity index (χ0) is 23.0. The molecule has 0 unspecified atom stereocenters. The van der Waals surface area contributed by atoms with Crippen molar-refractivity contribution in [3.63, 3.8) is 0 Å². The molecule has 3 aromatic carbocycles. The van der Waals surface area contributed by atoms with Crippen molar-refractivity contribution >= 4 is 38.2 Å². The fraction of sp³-hybridized carbons (Fsp3) is 0.261. The van der Waals surface area contributed by atoms with Crippen LogP contribution >= 0.6 is 0 Å². The van der Waals surface area contributed by atoms with Gasteiger partial charge in [0.1, 0.15) is 5.75 Å². The maximum atomic E-state index is 11.5. The number of hydrogen-bond acceptors (Lipinski definition) is 4. The maximum Gasteiger partial charge on any atom is 0.316 e. The van der Waals surface area contributed by atoms with Crippen molar-refractivity contribution in [3.05, 3.63) is 54.1 Å². The Balaban J connectivity index is 2.18. The van der Waals surface area contributed by atoms with Crippen molar-refractivity contribution in [1.82, 2.24) is 0 Å². The summed E-state index contributed by atoms with van der Waals surface area (Å²) in [5, 5.41) is 4.49. The van der Waals surface area contributed by atoms with Gasteiger partial charge >= 0.3 is 6.03 Å². The van der Waals surface area contributed by atoms with Crippen LogP contribution in [0.3, 0.4) is 0 Å². The highest BCUT2D eigenvalue weighted by atomic mass is 32.2. The second kappa shape index (κ2) is 8.11. The van der Waals surface area contributed by atoms with E-state index in [0.29, 0.717) is 11.4 Å². The molecule has 0 spiro atoms. The molecular formula is C23H27N3O4S. The molecule has 0 fully saturated rings. The van der Waals surface area contributed by atoms with Gasteiger partial charge in [-0.25, -0.2) is 13.2 Å². The number of hydrogen-bond donors (Lipinski definition) is 3. The molecule has 0 heterocycles. The molecule has 0 saturated carbocycles. The molecule has 0 aliphatic heterocycles. The van der Waals surface area contributed by atoms with Crippen molar-refractivity contribution in [2.24, 2.45) is 5.73 Å². The molecule has 164 valence electrons. The summed E-state index contributed by atoms with van der Waals surface area (Å²) >= 11 is 0. The average Bonchev–Trinajstić information content (AvgIpc) is 2.64. The number of methoxy groups -OCH3 is 1. The summed E-state index contributed by atoms with van der Waals surface area (Å²) in [5.41, 5.74) is 8.84. The van der Waals surface area contributed by atoms with Crippen LogP contribution in [-0.4, -0.2) is 27.8 Å². The molecule has 8 heteroatoms. The molecular weight excluding hydrogens is 414 g/mol. The second-order valence-electron chi connectivity index (χ2n) is 8.49. The Hall–Kier alpha value is -3.26. The van der Waals surface area contributed by atoms with Crippen molar-refractivity contribution in [2.45, 2.75) is 26.2 Å². The van der Waals surface area contributed by atoms with Gasteiger partial charge in [-0.1, -0.05) is 39.0 Å². The highest BCUT2D eigenvalue weighted by molar-refractivity contribution is 7.92. The number of amides is 2. The Morgan fingerprint density at radius 3 is 2.19 bits per heavy atom. The Kier molecular flexibility index (Phi) is 5.87. The highest BCUT2D eigenvalue weighted by Crippen LogP contribution is 2.42. The van der Waals surface area contributed by atoms with E-state index in [9.17, 15) is 13.2 Å². The molecule has 3 aromatic rings. The summed E-state index contributed by atoms with van der Waals surface area (Å²) in [6.07, 6.45) is 1.12. The number of rotatable bonds is 5. The molecule has 0 radical (unpaired) electrons. The quantitative estimate of drug-likeness (QED) is 0.534. The van der Waals surface area contributed by atoms with Crippen LogP contribution in [0.15, 0.2) is 48.5 Å². The van der Waals surface area contributed by atoms with Gasteiger partial charge in [0.2, 0.25) is 10.0 Å². The number of carbonyl (C=O) groups is 1. The Bertz CT molecular complexity index is 1260. The van der Waals surface area contributed by atoms with Gasteiger partial charge in [0.05, 0.1) is 13.4 Å². The average molecular weight is 442 g/mol. The predicted octanol–water partition coefficient (Wildman–Crippen LogP) is 4.68. The molecule has 0 aliphatic carbocycles. The van der Waals surface area contributed by atoms with Crippen molar-refractivity contribution < 1.29 is 17.9 Å². The van der Waals surface area contributed by atoms with E-state index < -0.39 is 16.1 Å². The fourth-order valence-corrected chi connectivity index (χ4v) is 4.08. The molecule has 0 bridgehead atoms. The summed E-state index contributed by atoms with van der Waals surface area (Å²) < 4.78 is 31.3. The number of fused-ring (bicyclic) bond motifs is 1. The zero-order valence-corrected chi connectivity index (χ0v) is 19.1. The van der Waals surface area contributed by atoms with E-state index in [2.05, 4.69) is 30.8 Å². The predicted molar refractivity (Wildman–Crippen MR) is 126 cm³/mol. The van der Waals surface area contributed by atoms with Crippen molar-refractivity contribution in [1.29, 1.82) is 0 Å². The van der Waals surface area contributed by atoms with Gasteiger partial charge in [0.25, 0.3) is 0 Å². The molecule has 4 N–H and O–H groups in total. The second-order valence-corrected chi connectivity index (χ2v) is 10.2. The molecule has 3 rings (SSSR count). The van der Waals surface area contributed by atoms with Crippen LogP contribution in [0.1, 0.15) is 26.3 Å². The summed E-state index contributed by atoms with van der Waals surface area (Å²) in [5.74, 6) is 0.720. The lowest BCUT2D eigenvalue weighted by atomic mass is 9.83. The molecule has 7 nitrogen and oxygen atoms in total. The molecule has 0 saturated heterocycles. The van der Waals surface area contributed by atoms with Crippen molar-refractivity contribution in [2.75, 3.05) is 23.4 Å². The summed E-state index contributed by atoms with van der Waals surface area (Å²) in [4.78, 5) is 11.5. The summed E-state index contributed by atoms with van der Waals surface area (Å²) in [6.45, 7) is 6.21. The van der Waals surface area contributed by atoms with Gasteiger partial charge < -0.3 is 15.8 Å². The standard InChI is InChI=1S/C23H27N3O4S/c1-23(2,3)20-13-18(25-22(24)27)12-19(21(20)30-4)16-7-6-15-11-17(26-31(5,28)29)9-8-14(15)10-16/h6-13,26H,1-5H3,(H3,24,25,27). The zero-order valence-electron chi connectivity index (χ0n) is 18.2. The van der Waals surface area contributed by atoms with Crippen LogP contribution in [-0.2, 0) is 15.4 Å². The first-order valence-corrected chi connectivity index (χ1v) is 11.6. The largest absolute Gasteiger partial charge is 0.496 e. The number of anilines is 2. The van der Waals surface area contributed by atoms with Crippen LogP contribution in [0, 0.1) is 0 Å². The van der Waals surface area contributed by atoms with Crippen LogP contribution in [0.25, 0.3) is 21.9 Å². The Morgan fingerprint density at radius 1 is 0.968 bits per heavy atom. The van der Waals surface area contributed by atoms with E-state index in [1.807, 2.05) is 36.4 Å². The third-order valence-electron chi connectivity index (χ3n) is 4.82. The normalized spacial score (nSPS) is 11.9. The molecule has 0 aromatic heterocycles. The molecule has 2 amide bonds. The maximum absolute atomic E-state index is 11.5. The smallest absolute Gasteiger partial charge is 0.316 e. The van der Waals surface area contributed by atoms with E-state index in [1.54, 1.807) is 19.2 Å². The van der Waals surface area contributed by atoms with Gasteiger partial charge in [-0.3, -0.25) is 4.72 Å². The van der Waals surface area contributed by atoms with E-state index in [0.717, 1.165) is 39.5 Å². The highest BCUT2D eigenvalue weighted by Gasteiger charge is 2.23. The number of nitrogens with one attached hydrogen (secondary N) is 2. The van der Waals surface area contributed by atoms with E-state index >= 15 is 0 Å². The van der Waals surface area contributed by atoms with Crippen LogP contribution in [0.2, 0.25) is 0 Å². The SMILES string of the molecule is COc1c(-c2ccc3cc(NS(C)(=O)=O)ccc3c2)cc(NC(N)=O)cc1C(C)(C)C. The first-order chi connectivity index (χ1) is 14.4. The minimum Gasteiger partial charge on any atom is -0.496 e. The number of sulfonamides is 1. The first kappa shape index (κ1) is 22.4. The number of benzene rings is 3. The summed E-state index contributed by atoms with van der Waals surface area (Å²) in [7, 11) is -1.73. The van der Waals surface area contributed by atoms with Gasteiger partial charge in [-0.05, 0) is 52.1 Å². The molecule has 31 heavy (non-hydrogen) atoms. The number of nitrogens with two attached hydrogens (primary N) is 1. The van der Waals surface area contributed by atoms with E-state index in [1.165, 1.54) is 0 Å². The Morgan fingerprint density at radius 2 is 1.61 bits per heavy atom. The minimum atomic E-state index is -3.35. The molecule has 0 aliphatic rings. The Labute approximate surface area is 182 Å². The monoisotopic (exact) mass is 441 g/mol. The number of urea groups is 1. The third-order valence-corrected chi connectivity index (χ3v) is 5.43. The van der Waals surface area contributed by atoms with Crippen molar-refractivity contribution in [3.8, 4) is 16.9 Å². The lowest BCUT2D eigenvalue weighted by Crippen LogP contribution is -2.20. The third kappa shape index (κ3) is 5.27. The minimum absolute atomic E-state index is 0.238. The lowest BCUT2D eigenvalue weighted by Gasteiger charge is -2.25. The van der Waals surface area contributed by atoms with E-state index in [-0.39, 0.29) is 5.41 Å². The van der Waals surface area contributed by atoms with Crippen LogP contribution in [0.5, 0.6) is 5.75 Å². The number of primary amides is 1. The first-order valence-electron chi connectivity index (χ1n) is 9.68. The van der Waals surface area contributed by atoms with Gasteiger partial charge in [0.15, 0.2) is 0 Å². The molecule has 0 atom stereocenters. The number of ether oxygens (including phenoxy) is 1. The van der Waals surface area contributed by atoms with Crippen LogP contribution in [0.4, 0.5) is 16.2 Å². The van der Waals surface area contributed by atoms with Gasteiger partial charge in [0, 0.05) is 22.5 Å². The fourth-order valence-electron chi connectivity index (χ4n) is 3.53. The summed E-state index contributed by atoms with van der Waals surface area (Å²) in [6, 6.07) is 14.3. The van der Waals surface area contributed by atoms with Crippen LogP contribution < -0.4 is 20.5 Å². The van der Waals surface area contributed by atoms with Gasteiger partial charge in [-0.2, -0.15) is 0 Å². The lowest BCUT2D eigenvalue weighted by molar-refractivity contribution is 0.259. The van der Waals surface area contributed by atoms with Gasteiger partial charge in [-0.15, -0.1) is 0 Å². The number of carbonyl (C=O) groups excluding carboxylic acids is 1.